The summed E-state index contributed by atoms with van der Waals surface area (Å²) in [6, 6.07) is 0.304. The van der Waals surface area contributed by atoms with Crippen molar-refractivity contribution in [3.05, 3.63) is 0 Å². The van der Waals surface area contributed by atoms with Crippen molar-refractivity contribution in [2.45, 2.75) is 12.1 Å². The topological polar surface area (TPSA) is 62.4 Å². The van der Waals surface area contributed by atoms with Crippen LogP contribution < -0.4 is 16.0 Å². The summed E-state index contributed by atoms with van der Waals surface area (Å²) < 4.78 is 5.31. The molecule has 13 heavy (non-hydrogen) atoms. The highest BCUT2D eigenvalue weighted by Crippen LogP contribution is 1.98. The van der Waals surface area contributed by atoms with Gasteiger partial charge in [0, 0.05) is 26.2 Å². The van der Waals surface area contributed by atoms with Crippen LogP contribution in [0.1, 0.15) is 0 Å². The first-order chi connectivity index (χ1) is 6.36. The van der Waals surface area contributed by atoms with Gasteiger partial charge in [0.25, 0.3) is 5.91 Å². The predicted molar refractivity (Wildman–Crippen MR) is 47.4 cm³/mol. The lowest BCUT2D eigenvalue weighted by Crippen LogP contribution is -2.60. The van der Waals surface area contributed by atoms with Crippen molar-refractivity contribution in [3.63, 3.8) is 0 Å². The summed E-state index contributed by atoms with van der Waals surface area (Å²) in [7, 11) is 0. The standard InChI is InChI=1S/C8H15N3O2/c12-8(11-6-3-10-4-6)7-5-9-1-2-13-7/h6-7,9-10H,1-5H2,(H,11,12)/t7-/m0/s1. The Balaban J connectivity index is 1.74. The Morgan fingerprint density at radius 2 is 2.15 bits per heavy atom. The molecule has 0 bridgehead atoms. The van der Waals surface area contributed by atoms with E-state index in [9.17, 15) is 4.79 Å². The van der Waals surface area contributed by atoms with Gasteiger partial charge < -0.3 is 20.7 Å². The van der Waals surface area contributed by atoms with Gasteiger partial charge in [0.05, 0.1) is 12.6 Å². The van der Waals surface area contributed by atoms with Crippen molar-refractivity contribution in [2.75, 3.05) is 32.8 Å². The Hall–Kier alpha value is -0.650. The molecule has 0 aromatic rings. The SMILES string of the molecule is O=C(NC1CNC1)[C@@H]1CNCCO1. The molecule has 2 fully saturated rings. The molecule has 0 saturated carbocycles. The van der Waals surface area contributed by atoms with Crippen molar-refractivity contribution in [1.29, 1.82) is 0 Å². The van der Waals surface area contributed by atoms with E-state index in [-0.39, 0.29) is 12.0 Å². The molecule has 74 valence electrons. The fourth-order valence-electron chi connectivity index (χ4n) is 1.42. The van der Waals surface area contributed by atoms with Crippen LogP contribution in [0.2, 0.25) is 0 Å². The van der Waals surface area contributed by atoms with Gasteiger partial charge in [-0.25, -0.2) is 0 Å². The number of carbonyl (C=O) groups excluding carboxylic acids is 1. The summed E-state index contributed by atoms with van der Waals surface area (Å²) in [6.45, 7) is 3.86. The van der Waals surface area contributed by atoms with Crippen LogP contribution in [0.4, 0.5) is 0 Å². The summed E-state index contributed by atoms with van der Waals surface area (Å²) in [5.74, 6) is 0.0127. The van der Waals surface area contributed by atoms with Gasteiger partial charge in [-0.05, 0) is 0 Å². The average Bonchev–Trinajstić information content (AvgIpc) is 2.12. The number of rotatable bonds is 2. The third-order valence-electron chi connectivity index (χ3n) is 2.35. The molecule has 0 spiro atoms. The van der Waals surface area contributed by atoms with E-state index in [0.717, 1.165) is 19.6 Å². The fourth-order valence-corrected chi connectivity index (χ4v) is 1.42. The Morgan fingerprint density at radius 3 is 2.69 bits per heavy atom. The highest BCUT2D eigenvalue weighted by atomic mass is 16.5. The molecule has 0 aliphatic carbocycles. The molecular formula is C8H15N3O2. The average molecular weight is 185 g/mol. The van der Waals surface area contributed by atoms with Gasteiger partial charge >= 0.3 is 0 Å². The summed E-state index contributed by atoms with van der Waals surface area (Å²) in [5, 5.41) is 9.14. The van der Waals surface area contributed by atoms with Crippen molar-refractivity contribution < 1.29 is 9.53 Å². The van der Waals surface area contributed by atoms with E-state index in [2.05, 4.69) is 16.0 Å². The van der Waals surface area contributed by atoms with Crippen molar-refractivity contribution in [2.24, 2.45) is 0 Å². The molecule has 0 unspecified atom stereocenters. The maximum Gasteiger partial charge on any atom is 0.250 e. The summed E-state index contributed by atoms with van der Waals surface area (Å²) in [4.78, 5) is 11.5. The molecular weight excluding hydrogens is 170 g/mol. The molecule has 0 aromatic carbocycles. The number of amides is 1. The monoisotopic (exact) mass is 185 g/mol. The van der Waals surface area contributed by atoms with E-state index in [1.807, 2.05) is 0 Å². The van der Waals surface area contributed by atoms with Crippen LogP contribution in [0.15, 0.2) is 0 Å². The second kappa shape index (κ2) is 4.04. The quantitative estimate of drug-likeness (QED) is 0.468. The highest BCUT2D eigenvalue weighted by molar-refractivity contribution is 5.81. The molecule has 5 heteroatoms. The molecule has 0 radical (unpaired) electrons. The van der Waals surface area contributed by atoms with Crippen molar-refractivity contribution >= 4 is 5.91 Å². The van der Waals surface area contributed by atoms with Gasteiger partial charge in [0.1, 0.15) is 6.10 Å². The molecule has 2 rings (SSSR count). The van der Waals surface area contributed by atoms with E-state index >= 15 is 0 Å². The van der Waals surface area contributed by atoms with Crippen LogP contribution in [0, 0.1) is 0 Å². The van der Waals surface area contributed by atoms with Crippen LogP contribution in [-0.2, 0) is 9.53 Å². The maximum atomic E-state index is 11.5. The van der Waals surface area contributed by atoms with Crippen LogP contribution in [-0.4, -0.2) is 50.8 Å². The fraction of sp³-hybridized carbons (Fsp3) is 0.875. The molecule has 5 nitrogen and oxygen atoms in total. The minimum atomic E-state index is -0.297. The number of morpholine rings is 1. The Kier molecular flexibility index (Phi) is 2.77. The maximum absolute atomic E-state index is 11.5. The summed E-state index contributed by atoms with van der Waals surface area (Å²) in [6.07, 6.45) is -0.297. The Bertz CT molecular complexity index is 188. The summed E-state index contributed by atoms with van der Waals surface area (Å²) in [5.41, 5.74) is 0. The second-order valence-electron chi connectivity index (χ2n) is 3.43. The first kappa shape index (κ1) is 8.93. The predicted octanol–water partition coefficient (Wildman–Crippen LogP) is -1.94. The van der Waals surface area contributed by atoms with E-state index in [4.69, 9.17) is 4.74 Å². The number of ether oxygens (including phenoxy) is 1. The van der Waals surface area contributed by atoms with Gasteiger partial charge in [-0.3, -0.25) is 4.79 Å². The lowest BCUT2D eigenvalue weighted by atomic mass is 10.1. The van der Waals surface area contributed by atoms with Gasteiger partial charge in [-0.1, -0.05) is 0 Å². The minimum Gasteiger partial charge on any atom is -0.366 e. The molecule has 0 aromatic heterocycles. The lowest BCUT2D eigenvalue weighted by molar-refractivity contribution is -0.135. The summed E-state index contributed by atoms with van der Waals surface area (Å²) >= 11 is 0. The Labute approximate surface area is 77.2 Å². The lowest BCUT2D eigenvalue weighted by Gasteiger charge is -2.30. The second-order valence-corrected chi connectivity index (χ2v) is 3.43. The first-order valence-electron chi connectivity index (χ1n) is 4.69. The van der Waals surface area contributed by atoms with Gasteiger partial charge in [-0.15, -0.1) is 0 Å². The molecule has 1 atom stereocenters. The van der Waals surface area contributed by atoms with Gasteiger partial charge in [0.15, 0.2) is 0 Å². The van der Waals surface area contributed by atoms with Crippen LogP contribution in [0.5, 0.6) is 0 Å². The molecule has 2 saturated heterocycles. The van der Waals surface area contributed by atoms with E-state index in [1.54, 1.807) is 0 Å². The molecule has 1 amide bonds. The van der Waals surface area contributed by atoms with E-state index in [1.165, 1.54) is 0 Å². The number of hydrogen-bond acceptors (Lipinski definition) is 4. The van der Waals surface area contributed by atoms with Crippen LogP contribution in [0.3, 0.4) is 0 Å². The number of hydrogen-bond donors (Lipinski definition) is 3. The van der Waals surface area contributed by atoms with Crippen LogP contribution >= 0.6 is 0 Å². The first-order valence-corrected chi connectivity index (χ1v) is 4.69. The third-order valence-corrected chi connectivity index (χ3v) is 2.35. The largest absolute Gasteiger partial charge is 0.366 e. The van der Waals surface area contributed by atoms with Gasteiger partial charge in [-0.2, -0.15) is 0 Å². The molecule has 3 N–H and O–H groups in total. The Morgan fingerprint density at radius 1 is 1.31 bits per heavy atom. The minimum absolute atomic E-state index is 0.0127. The zero-order valence-electron chi connectivity index (χ0n) is 7.51. The van der Waals surface area contributed by atoms with Gasteiger partial charge in [0.2, 0.25) is 0 Å². The number of nitrogens with one attached hydrogen (secondary N) is 3. The van der Waals surface area contributed by atoms with Crippen LogP contribution in [0.25, 0.3) is 0 Å². The molecule has 2 aliphatic heterocycles. The van der Waals surface area contributed by atoms with Crippen molar-refractivity contribution in [3.8, 4) is 0 Å². The highest BCUT2D eigenvalue weighted by Gasteiger charge is 2.26. The normalized spacial score (nSPS) is 29.4. The molecule has 2 aliphatic rings. The zero-order valence-corrected chi connectivity index (χ0v) is 7.51. The number of carbonyl (C=O) groups is 1. The molecule has 2 heterocycles. The smallest absolute Gasteiger partial charge is 0.250 e. The zero-order chi connectivity index (χ0) is 9.10. The van der Waals surface area contributed by atoms with E-state index < -0.39 is 0 Å². The third kappa shape index (κ3) is 2.18. The van der Waals surface area contributed by atoms with Crippen molar-refractivity contribution in [1.82, 2.24) is 16.0 Å². The van der Waals surface area contributed by atoms with E-state index in [0.29, 0.717) is 19.2 Å².